The highest BCUT2D eigenvalue weighted by Gasteiger charge is 2.08. The van der Waals surface area contributed by atoms with E-state index in [1.54, 1.807) is 18.3 Å². The van der Waals surface area contributed by atoms with Gasteiger partial charge in [-0.25, -0.2) is 0 Å². The van der Waals surface area contributed by atoms with Crippen molar-refractivity contribution in [2.75, 3.05) is 0 Å². The molecule has 0 N–H and O–H groups in total. The van der Waals surface area contributed by atoms with Gasteiger partial charge in [0.25, 0.3) is 11.2 Å². The highest BCUT2D eigenvalue weighted by Crippen LogP contribution is 2.17. The Morgan fingerprint density at radius 2 is 2.07 bits per heavy atom. The molecule has 15 heavy (non-hydrogen) atoms. The average Bonchev–Trinajstić information content (AvgIpc) is 2.23. The van der Waals surface area contributed by atoms with Gasteiger partial charge in [-0.3, -0.25) is 17.7 Å². The number of benzene rings is 1. The van der Waals surface area contributed by atoms with Crippen molar-refractivity contribution in [3.8, 4) is 0 Å². The molecular weight excluding hydrogens is 311 g/mol. The van der Waals surface area contributed by atoms with E-state index in [-0.39, 0.29) is 11.2 Å². The summed E-state index contributed by atoms with van der Waals surface area (Å²) in [6.45, 7) is 0. The summed E-state index contributed by atoms with van der Waals surface area (Å²) >= 11 is 1.84. The fraction of sp³-hybridized carbons (Fsp3) is 0. The average molecular weight is 316 g/mol. The van der Waals surface area contributed by atoms with Crippen molar-refractivity contribution in [1.82, 2.24) is 2.78 Å². The van der Waals surface area contributed by atoms with E-state index in [0.717, 1.165) is 0 Å². The van der Waals surface area contributed by atoms with Gasteiger partial charge in [0.05, 0.1) is 33.2 Å². The maximum atomic E-state index is 11.6. The minimum Gasteiger partial charge on any atom is -0.268 e. The monoisotopic (exact) mass is 316 g/mol. The first-order chi connectivity index (χ1) is 7.09. The molecule has 0 spiro atoms. The molecule has 1 heterocycles. The van der Waals surface area contributed by atoms with Crippen LogP contribution in [-0.2, 0) is 0 Å². The number of nitro benzene ring substituents is 1. The molecule has 0 atom stereocenters. The van der Waals surface area contributed by atoms with Gasteiger partial charge in [-0.15, -0.1) is 0 Å². The van der Waals surface area contributed by atoms with Gasteiger partial charge in [-0.05, 0) is 17.5 Å². The first-order valence-electron chi connectivity index (χ1n) is 4.05. The lowest BCUT2D eigenvalue weighted by molar-refractivity contribution is -0.384. The molecule has 0 saturated carbocycles. The summed E-state index contributed by atoms with van der Waals surface area (Å²) in [5.41, 5.74) is -0.306. The van der Waals surface area contributed by atoms with Crippen LogP contribution >= 0.6 is 22.9 Å². The number of halogens is 1. The van der Waals surface area contributed by atoms with Crippen LogP contribution in [0.3, 0.4) is 0 Å². The number of pyridine rings is 1. The fourth-order valence-electron chi connectivity index (χ4n) is 1.32. The standard InChI is InChI=1S/C9H5IN2O3/c10-11-4-3-6-1-2-7(12(14)15)5-8(6)9(11)13/h1-5H. The number of nitrogens with zero attached hydrogens (tertiary/aromatic N) is 2. The molecule has 0 aliphatic heterocycles. The molecule has 5 nitrogen and oxygen atoms in total. The summed E-state index contributed by atoms with van der Waals surface area (Å²) in [6.07, 6.45) is 1.62. The zero-order valence-electron chi connectivity index (χ0n) is 7.38. The lowest BCUT2D eigenvalue weighted by Crippen LogP contribution is -2.11. The highest BCUT2D eigenvalue weighted by atomic mass is 127. The van der Waals surface area contributed by atoms with Crippen molar-refractivity contribution in [1.29, 1.82) is 0 Å². The van der Waals surface area contributed by atoms with Crippen molar-refractivity contribution in [3.63, 3.8) is 0 Å². The minimum absolute atomic E-state index is 0.0674. The number of aromatic nitrogens is 1. The van der Waals surface area contributed by atoms with E-state index in [2.05, 4.69) is 0 Å². The molecule has 2 rings (SSSR count). The van der Waals surface area contributed by atoms with Crippen LogP contribution in [0.1, 0.15) is 0 Å². The van der Waals surface area contributed by atoms with Gasteiger partial charge in [0.15, 0.2) is 0 Å². The van der Waals surface area contributed by atoms with Crippen molar-refractivity contribution in [2.45, 2.75) is 0 Å². The summed E-state index contributed by atoms with van der Waals surface area (Å²) in [4.78, 5) is 21.7. The molecule has 0 amide bonds. The molecule has 0 radical (unpaired) electrons. The number of nitro groups is 1. The molecule has 0 bridgehead atoms. The number of fused-ring (bicyclic) bond motifs is 1. The molecule has 2 aromatic rings. The van der Waals surface area contributed by atoms with Crippen LogP contribution in [0.5, 0.6) is 0 Å². The van der Waals surface area contributed by atoms with E-state index < -0.39 is 4.92 Å². The second kappa shape index (κ2) is 3.61. The minimum atomic E-state index is -0.511. The molecule has 0 saturated heterocycles. The second-order valence-electron chi connectivity index (χ2n) is 2.96. The van der Waals surface area contributed by atoms with E-state index >= 15 is 0 Å². The lowest BCUT2D eigenvalue weighted by Gasteiger charge is -1.98. The summed E-state index contributed by atoms with van der Waals surface area (Å²) < 4.78 is 1.36. The molecular formula is C9H5IN2O3. The Labute approximate surface area is 98.0 Å². The van der Waals surface area contributed by atoms with E-state index in [9.17, 15) is 14.9 Å². The van der Waals surface area contributed by atoms with Gasteiger partial charge in [0.2, 0.25) is 0 Å². The third-order valence-corrected chi connectivity index (χ3v) is 2.82. The first kappa shape index (κ1) is 10.1. The van der Waals surface area contributed by atoms with Crippen LogP contribution in [0, 0.1) is 10.1 Å². The number of hydrogen-bond donors (Lipinski definition) is 0. The number of non-ortho nitro benzene ring substituents is 1. The van der Waals surface area contributed by atoms with Crippen molar-refractivity contribution >= 4 is 39.3 Å². The van der Waals surface area contributed by atoms with Gasteiger partial charge in [0.1, 0.15) is 0 Å². The highest BCUT2D eigenvalue weighted by molar-refractivity contribution is 14.1. The van der Waals surface area contributed by atoms with Gasteiger partial charge in [-0.1, -0.05) is 0 Å². The van der Waals surface area contributed by atoms with Crippen LogP contribution in [0.25, 0.3) is 10.8 Å². The molecule has 1 aromatic carbocycles. The zero-order chi connectivity index (χ0) is 11.0. The number of rotatable bonds is 1. The zero-order valence-corrected chi connectivity index (χ0v) is 9.54. The summed E-state index contributed by atoms with van der Waals surface area (Å²) in [5.74, 6) is 0. The molecule has 76 valence electrons. The third-order valence-electron chi connectivity index (χ3n) is 2.06. The number of hydrogen-bond acceptors (Lipinski definition) is 3. The van der Waals surface area contributed by atoms with Crippen LogP contribution in [0.2, 0.25) is 0 Å². The van der Waals surface area contributed by atoms with E-state index in [1.165, 1.54) is 14.9 Å². The Bertz CT molecular complexity index is 606. The summed E-state index contributed by atoms with van der Waals surface area (Å²) in [6, 6.07) is 6.00. The summed E-state index contributed by atoms with van der Waals surface area (Å²) in [5, 5.41) is 11.6. The topological polar surface area (TPSA) is 65.1 Å². The van der Waals surface area contributed by atoms with Gasteiger partial charge >= 0.3 is 0 Å². The predicted octanol–water partition coefficient (Wildman–Crippen LogP) is 2.11. The van der Waals surface area contributed by atoms with Crippen molar-refractivity contribution < 1.29 is 4.92 Å². The van der Waals surface area contributed by atoms with Crippen LogP contribution in [0.4, 0.5) is 5.69 Å². The molecule has 1 aromatic heterocycles. The summed E-state index contributed by atoms with van der Waals surface area (Å²) in [7, 11) is 0. The molecule has 6 heteroatoms. The van der Waals surface area contributed by atoms with Crippen molar-refractivity contribution in [3.05, 3.63) is 50.9 Å². The lowest BCUT2D eigenvalue weighted by atomic mass is 10.1. The van der Waals surface area contributed by atoms with Gasteiger partial charge < -0.3 is 0 Å². The van der Waals surface area contributed by atoms with Gasteiger partial charge in [0, 0.05) is 18.3 Å². The maximum Gasteiger partial charge on any atom is 0.270 e. The smallest absolute Gasteiger partial charge is 0.268 e. The van der Waals surface area contributed by atoms with Crippen LogP contribution < -0.4 is 5.56 Å². The van der Waals surface area contributed by atoms with Crippen LogP contribution in [0.15, 0.2) is 35.3 Å². The molecule has 0 aliphatic carbocycles. The van der Waals surface area contributed by atoms with E-state index in [1.807, 2.05) is 22.9 Å². The van der Waals surface area contributed by atoms with Crippen molar-refractivity contribution in [2.24, 2.45) is 0 Å². The molecule has 0 fully saturated rings. The predicted molar refractivity (Wildman–Crippen MR) is 64.3 cm³/mol. The Balaban J connectivity index is 2.85. The molecule has 0 aliphatic rings. The fourth-order valence-corrected chi connectivity index (χ4v) is 1.74. The Hall–Kier alpha value is -1.44. The SMILES string of the molecule is O=c1c2cc([N+](=O)[O-])ccc2ccn1I. The first-order valence-corrected chi connectivity index (χ1v) is 5.02. The van der Waals surface area contributed by atoms with E-state index in [4.69, 9.17) is 0 Å². The maximum absolute atomic E-state index is 11.6. The van der Waals surface area contributed by atoms with Crippen LogP contribution in [-0.4, -0.2) is 7.70 Å². The largest absolute Gasteiger partial charge is 0.270 e. The third kappa shape index (κ3) is 1.72. The quantitative estimate of drug-likeness (QED) is 0.460. The second-order valence-corrected chi connectivity index (χ2v) is 4.00. The normalized spacial score (nSPS) is 10.5. The molecule has 0 unspecified atom stereocenters. The van der Waals surface area contributed by atoms with Gasteiger partial charge in [-0.2, -0.15) is 0 Å². The Morgan fingerprint density at radius 3 is 2.73 bits per heavy atom. The van der Waals surface area contributed by atoms with E-state index in [0.29, 0.717) is 10.8 Å². The Morgan fingerprint density at radius 1 is 1.33 bits per heavy atom. The Kier molecular flexibility index (Phi) is 2.43.